The minimum atomic E-state index is -0.310. The van der Waals surface area contributed by atoms with Crippen molar-refractivity contribution in [3.8, 4) is 17.2 Å². The maximum atomic E-state index is 12.1. The Bertz CT molecular complexity index is 857. The lowest BCUT2D eigenvalue weighted by molar-refractivity contribution is 0.171. The molecule has 4 rings (SSSR count). The number of rotatable bonds is 3. The molecule has 0 fully saturated rings. The average molecular weight is 334 g/mol. The third-order valence-corrected chi connectivity index (χ3v) is 4.85. The number of nitrogens with one attached hydrogen (secondary N) is 1. The lowest BCUT2D eigenvalue weighted by Crippen LogP contribution is -2.18. The first-order chi connectivity index (χ1) is 10.8. The number of nitrogens with zero attached hydrogens (tertiary/aromatic N) is 3. The monoisotopic (exact) mass is 334 g/mol. The second-order valence-corrected chi connectivity index (χ2v) is 6.48. The first-order valence-electron chi connectivity index (χ1n) is 6.46. The first kappa shape index (κ1) is 13.4. The molecule has 0 atom stereocenters. The molecule has 0 bridgehead atoms. The van der Waals surface area contributed by atoms with Crippen molar-refractivity contribution in [2.75, 3.05) is 13.2 Å². The number of ether oxygens (including phenoxy) is 2. The van der Waals surface area contributed by atoms with Gasteiger partial charge in [0, 0.05) is 17.6 Å². The second-order valence-electron chi connectivity index (χ2n) is 4.37. The standard InChI is InChI=1S/C13H10N4O3S2/c18-11-15-16-12(22-13-14-3-6-21-13)17(11)8-1-2-9-10(7-8)20-5-4-19-9/h1-3,6-7H,4-5H2,(H,15,18). The van der Waals surface area contributed by atoms with Gasteiger partial charge in [0.05, 0.1) is 5.69 Å². The predicted molar refractivity (Wildman–Crippen MR) is 81.4 cm³/mol. The number of aromatic nitrogens is 4. The normalized spacial score (nSPS) is 13.3. The number of hydrogen-bond acceptors (Lipinski definition) is 7. The SMILES string of the molecule is O=c1[nH]nc(Sc2nccs2)n1-c1ccc2c(c1)OCCO2. The molecule has 3 aromatic rings. The molecule has 0 aliphatic carbocycles. The summed E-state index contributed by atoms with van der Waals surface area (Å²) in [6.45, 7) is 1.03. The number of hydrogen-bond donors (Lipinski definition) is 1. The van der Waals surface area contributed by atoms with Crippen LogP contribution >= 0.6 is 23.1 Å². The van der Waals surface area contributed by atoms with E-state index in [4.69, 9.17) is 9.47 Å². The van der Waals surface area contributed by atoms with Crippen LogP contribution in [-0.4, -0.2) is 33.0 Å². The Morgan fingerprint density at radius 3 is 2.95 bits per heavy atom. The molecular weight excluding hydrogens is 324 g/mol. The molecule has 1 aromatic carbocycles. The molecule has 2 aromatic heterocycles. The minimum absolute atomic E-state index is 0.310. The zero-order valence-corrected chi connectivity index (χ0v) is 12.8. The van der Waals surface area contributed by atoms with E-state index in [-0.39, 0.29) is 5.69 Å². The predicted octanol–water partition coefficient (Wildman–Crippen LogP) is 1.94. The first-order valence-corrected chi connectivity index (χ1v) is 8.16. The molecule has 1 aliphatic rings. The van der Waals surface area contributed by atoms with Gasteiger partial charge in [-0.2, -0.15) is 0 Å². The largest absolute Gasteiger partial charge is 0.486 e. The van der Waals surface area contributed by atoms with Gasteiger partial charge in [-0.1, -0.05) is 0 Å². The number of thiazole rings is 1. The van der Waals surface area contributed by atoms with Crippen LogP contribution in [0.25, 0.3) is 5.69 Å². The second kappa shape index (κ2) is 5.50. The molecule has 9 heteroatoms. The van der Waals surface area contributed by atoms with E-state index >= 15 is 0 Å². The van der Waals surface area contributed by atoms with Crippen molar-refractivity contribution < 1.29 is 9.47 Å². The molecule has 22 heavy (non-hydrogen) atoms. The summed E-state index contributed by atoms with van der Waals surface area (Å²) < 4.78 is 13.4. The topological polar surface area (TPSA) is 82.0 Å². The Morgan fingerprint density at radius 2 is 2.14 bits per heavy atom. The molecule has 0 radical (unpaired) electrons. The highest BCUT2D eigenvalue weighted by Crippen LogP contribution is 2.33. The Labute approximate surface area is 132 Å². The van der Waals surface area contributed by atoms with E-state index in [0.717, 1.165) is 4.34 Å². The molecule has 0 amide bonds. The van der Waals surface area contributed by atoms with Crippen molar-refractivity contribution in [2.24, 2.45) is 0 Å². The van der Waals surface area contributed by atoms with Crippen LogP contribution in [0.4, 0.5) is 0 Å². The summed E-state index contributed by atoms with van der Waals surface area (Å²) in [4.78, 5) is 16.3. The van der Waals surface area contributed by atoms with E-state index in [1.165, 1.54) is 27.7 Å². The lowest BCUT2D eigenvalue weighted by Gasteiger charge is -2.19. The van der Waals surface area contributed by atoms with Crippen LogP contribution in [0, 0.1) is 0 Å². The van der Waals surface area contributed by atoms with Crippen molar-refractivity contribution in [3.63, 3.8) is 0 Å². The summed E-state index contributed by atoms with van der Waals surface area (Å²) in [6.07, 6.45) is 1.71. The summed E-state index contributed by atoms with van der Waals surface area (Å²) in [5, 5.41) is 8.93. The molecule has 0 spiro atoms. The van der Waals surface area contributed by atoms with Crippen LogP contribution in [0.1, 0.15) is 0 Å². The average Bonchev–Trinajstić information content (AvgIpc) is 3.17. The summed E-state index contributed by atoms with van der Waals surface area (Å²) in [5.74, 6) is 1.31. The summed E-state index contributed by atoms with van der Waals surface area (Å²) in [6, 6.07) is 5.37. The summed E-state index contributed by atoms with van der Waals surface area (Å²) >= 11 is 2.82. The molecule has 0 saturated carbocycles. The number of fused-ring (bicyclic) bond motifs is 1. The van der Waals surface area contributed by atoms with Crippen LogP contribution in [0.2, 0.25) is 0 Å². The van der Waals surface area contributed by atoms with Crippen LogP contribution in [0.3, 0.4) is 0 Å². The molecule has 3 heterocycles. The van der Waals surface area contributed by atoms with Gasteiger partial charge in [0.15, 0.2) is 15.8 Å². The van der Waals surface area contributed by atoms with Gasteiger partial charge in [-0.3, -0.25) is 0 Å². The molecule has 1 N–H and O–H groups in total. The van der Waals surface area contributed by atoms with E-state index < -0.39 is 0 Å². The van der Waals surface area contributed by atoms with E-state index in [1.54, 1.807) is 24.4 Å². The summed E-state index contributed by atoms with van der Waals surface area (Å²) in [7, 11) is 0. The van der Waals surface area contributed by atoms with Crippen molar-refractivity contribution in [1.82, 2.24) is 19.7 Å². The van der Waals surface area contributed by atoms with Crippen LogP contribution in [0.15, 0.2) is 44.1 Å². The van der Waals surface area contributed by atoms with Gasteiger partial charge in [0.25, 0.3) is 0 Å². The third-order valence-electron chi connectivity index (χ3n) is 3.01. The van der Waals surface area contributed by atoms with E-state index in [2.05, 4.69) is 15.2 Å². The highest BCUT2D eigenvalue weighted by molar-refractivity contribution is 8.00. The van der Waals surface area contributed by atoms with E-state index in [9.17, 15) is 4.79 Å². The number of benzene rings is 1. The third kappa shape index (κ3) is 2.38. The van der Waals surface area contributed by atoms with Crippen molar-refractivity contribution in [1.29, 1.82) is 0 Å². The fraction of sp³-hybridized carbons (Fsp3) is 0.154. The van der Waals surface area contributed by atoms with Gasteiger partial charge < -0.3 is 9.47 Å². The van der Waals surface area contributed by atoms with Crippen LogP contribution in [0.5, 0.6) is 11.5 Å². The number of aromatic amines is 1. The van der Waals surface area contributed by atoms with Gasteiger partial charge in [0.2, 0.25) is 5.16 Å². The Hall–Kier alpha value is -2.26. The van der Waals surface area contributed by atoms with Crippen LogP contribution < -0.4 is 15.2 Å². The smallest absolute Gasteiger partial charge is 0.348 e. The number of H-pyrrole nitrogens is 1. The molecule has 112 valence electrons. The van der Waals surface area contributed by atoms with Gasteiger partial charge in [-0.15, -0.1) is 16.4 Å². The lowest BCUT2D eigenvalue weighted by atomic mass is 10.2. The van der Waals surface area contributed by atoms with Crippen molar-refractivity contribution >= 4 is 23.1 Å². The highest BCUT2D eigenvalue weighted by atomic mass is 32.2. The zero-order chi connectivity index (χ0) is 14.9. The van der Waals surface area contributed by atoms with Crippen molar-refractivity contribution in [2.45, 2.75) is 9.50 Å². The Morgan fingerprint density at radius 1 is 1.27 bits per heavy atom. The summed E-state index contributed by atoms with van der Waals surface area (Å²) in [5.41, 5.74) is 0.359. The highest BCUT2D eigenvalue weighted by Gasteiger charge is 2.17. The zero-order valence-electron chi connectivity index (χ0n) is 11.2. The Balaban J connectivity index is 1.76. The van der Waals surface area contributed by atoms with E-state index in [1.807, 2.05) is 5.38 Å². The molecule has 7 nitrogen and oxygen atoms in total. The fourth-order valence-electron chi connectivity index (χ4n) is 2.09. The molecule has 0 saturated heterocycles. The maximum absolute atomic E-state index is 12.1. The van der Waals surface area contributed by atoms with Gasteiger partial charge in [0.1, 0.15) is 13.2 Å². The van der Waals surface area contributed by atoms with Gasteiger partial charge >= 0.3 is 5.69 Å². The quantitative estimate of drug-likeness (QED) is 0.788. The fourth-order valence-corrected chi connectivity index (χ4v) is 3.67. The van der Waals surface area contributed by atoms with Gasteiger partial charge in [-0.25, -0.2) is 19.4 Å². The van der Waals surface area contributed by atoms with E-state index in [0.29, 0.717) is 35.6 Å². The van der Waals surface area contributed by atoms with Gasteiger partial charge in [-0.05, 0) is 23.9 Å². The molecule has 1 aliphatic heterocycles. The maximum Gasteiger partial charge on any atom is 0.348 e. The molecule has 0 unspecified atom stereocenters. The molecular formula is C13H10N4O3S2. The Kier molecular flexibility index (Phi) is 3.35. The minimum Gasteiger partial charge on any atom is -0.486 e. The van der Waals surface area contributed by atoms with Crippen LogP contribution in [-0.2, 0) is 0 Å². The van der Waals surface area contributed by atoms with Crippen molar-refractivity contribution in [3.05, 3.63) is 40.3 Å².